The van der Waals surface area contributed by atoms with Crippen molar-refractivity contribution in [3.8, 4) is 0 Å². The molecule has 212 valence electrons. The number of nitrogens with one attached hydrogen (secondary N) is 1. The van der Waals surface area contributed by atoms with Crippen LogP contribution in [0.1, 0.15) is 19.5 Å². The minimum Gasteiger partial charge on any atom is -0.435 e. The summed E-state index contributed by atoms with van der Waals surface area (Å²) in [6, 6.07) is -1.18. The third kappa shape index (κ3) is 7.20. The van der Waals surface area contributed by atoms with Gasteiger partial charge in [-0.2, -0.15) is 13.2 Å². The molecule has 3 atom stereocenters. The lowest BCUT2D eigenvalue weighted by atomic mass is 10.0. The largest absolute Gasteiger partial charge is 0.511 e. The van der Waals surface area contributed by atoms with E-state index >= 15 is 0 Å². The number of amides is 2. The Kier molecular flexibility index (Phi) is 9.44. The normalized spacial score (nSPS) is 20.2. The Hall–Kier alpha value is -3.80. The summed E-state index contributed by atoms with van der Waals surface area (Å²) in [5.74, 6) is -3.02. The van der Waals surface area contributed by atoms with Gasteiger partial charge in [0.15, 0.2) is 10.8 Å². The summed E-state index contributed by atoms with van der Waals surface area (Å²) in [4.78, 5) is 60.0. The summed E-state index contributed by atoms with van der Waals surface area (Å²) < 4.78 is 52.9. The molecular weight excluding hydrogens is 571 g/mol. The van der Waals surface area contributed by atoms with Crippen LogP contribution < -0.4 is 11.1 Å². The number of aromatic nitrogens is 1. The van der Waals surface area contributed by atoms with Crippen molar-refractivity contribution in [2.24, 2.45) is 5.16 Å². The molecule has 2 amide bonds. The maximum atomic E-state index is 13.1. The molecule has 2 aliphatic rings. The second kappa shape index (κ2) is 12.4. The third-order valence-corrected chi connectivity index (χ3v) is 6.89. The van der Waals surface area contributed by atoms with Gasteiger partial charge in [-0.15, -0.1) is 23.1 Å². The smallest absolute Gasteiger partial charge is 0.435 e. The SMILES string of the molecule is CCOC(=O)OC(C)OC(=O)C1=C(/C=C/C(F)(F)F)CS[C@@H]2C(NC(=O)/C(=N/OC)c3csc(N)n3)C(=O)N12. The number of allylic oxidation sites excluding steroid dienone is 2. The van der Waals surface area contributed by atoms with E-state index in [4.69, 9.17) is 15.2 Å². The fourth-order valence-electron chi connectivity index (χ4n) is 3.37. The van der Waals surface area contributed by atoms with Gasteiger partial charge >= 0.3 is 18.3 Å². The summed E-state index contributed by atoms with van der Waals surface area (Å²) in [5, 5.41) is 6.83. The molecule has 0 aromatic carbocycles. The molecule has 0 spiro atoms. The number of esters is 1. The maximum absolute atomic E-state index is 13.1. The lowest BCUT2D eigenvalue weighted by Gasteiger charge is -2.49. The van der Waals surface area contributed by atoms with Gasteiger partial charge in [0.1, 0.15) is 29.9 Å². The van der Waals surface area contributed by atoms with E-state index in [0.717, 1.165) is 28.0 Å². The summed E-state index contributed by atoms with van der Waals surface area (Å²) in [7, 11) is 1.20. The zero-order valence-corrected chi connectivity index (χ0v) is 22.1. The summed E-state index contributed by atoms with van der Waals surface area (Å²) >= 11 is 2.05. The standard InChI is InChI=1S/C21H22F3N5O8S2/c1-4-35-20(33)37-9(2)36-18(32)14-10(5-6-21(22,23)24)7-38-17-13(16(31)29(14)17)27-15(30)12(28-34-3)11-8-39-19(25)26-11/h5-6,8-9,13,17H,4,7H2,1-3H3,(H2,25,26)(H,27,30)/b6-5+,28-12+/t9?,13?,17-/m1/s1. The van der Waals surface area contributed by atoms with E-state index in [9.17, 15) is 32.3 Å². The van der Waals surface area contributed by atoms with Gasteiger partial charge in [-0.05, 0) is 12.5 Å². The number of β-lactam (4-membered cyclic amide) rings is 1. The molecule has 3 heterocycles. The molecule has 3 N–H and O–H groups in total. The van der Waals surface area contributed by atoms with Gasteiger partial charge in [0, 0.05) is 24.1 Å². The number of carbonyl (C=O) groups excluding carboxylic acids is 4. The van der Waals surface area contributed by atoms with Gasteiger partial charge in [0.2, 0.25) is 6.29 Å². The number of thioether (sulfide) groups is 1. The van der Waals surface area contributed by atoms with Crippen LogP contribution in [-0.2, 0) is 33.4 Å². The molecule has 39 heavy (non-hydrogen) atoms. The average Bonchev–Trinajstić information content (AvgIpc) is 3.28. The first-order chi connectivity index (χ1) is 18.4. The molecule has 0 radical (unpaired) electrons. The van der Waals surface area contributed by atoms with Crippen molar-refractivity contribution in [2.75, 3.05) is 25.2 Å². The highest BCUT2D eigenvalue weighted by Gasteiger charge is 2.54. The van der Waals surface area contributed by atoms with Gasteiger partial charge in [-0.25, -0.2) is 14.6 Å². The van der Waals surface area contributed by atoms with Crippen molar-refractivity contribution in [3.05, 3.63) is 34.5 Å². The number of thiazole rings is 1. The summed E-state index contributed by atoms with van der Waals surface area (Å²) in [6.07, 6.45) is -6.78. The Morgan fingerprint density at radius 1 is 1.36 bits per heavy atom. The number of rotatable bonds is 9. The van der Waals surface area contributed by atoms with Gasteiger partial charge < -0.3 is 30.1 Å². The number of carbonyl (C=O) groups is 4. The predicted molar refractivity (Wildman–Crippen MR) is 131 cm³/mol. The number of nitrogens with two attached hydrogens (primary N) is 1. The Bertz CT molecular complexity index is 1230. The number of hydrogen-bond acceptors (Lipinski definition) is 13. The van der Waals surface area contributed by atoms with Crippen molar-refractivity contribution < 1.29 is 51.4 Å². The van der Waals surface area contributed by atoms with Crippen LogP contribution in [0.3, 0.4) is 0 Å². The topological polar surface area (TPSA) is 172 Å². The van der Waals surface area contributed by atoms with Crippen LogP contribution in [0.15, 0.2) is 34.0 Å². The summed E-state index contributed by atoms with van der Waals surface area (Å²) in [5.41, 5.74) is 4.76. The number of halogens is 3. The van der Waals surface area contributed by atoms with Gasteiger partial charge in [-0.1, -0.05) is 11.2 Å². The molecule has 2 aliphatic heterocycles. The van der Waals surface area contributed by atoms with Crippen molar-refractivity contribution in [1.29, 1.82) is 0 Å². The monoisotopic (exact) mass is 593 g/mol. The molecule has 0 bridgehead atoms. The zero-order chi connectivity index (χ0) is 28.9. The first-order valence-corrected chi connectivity index (χ1v) is 12.9. The fourth-order valence-corrected chi connectivity index (χ4v) is 5.24. The fraction of sp³-hybridized carbons (Fsp3) is 0.429. The highest BCUT2D eigenvalue weighted by atomic mass is 32.2. The minimum atomic E-state index is -4.70. The van der Waals surface area contributed by atoms with E-state index in [2.05, 4.69) is 25.0 Å². The molecule has 1 fully saturated rings. The molecule has 0 aliphatic carbocycles. The Morgan fingerprint density at radius 2 is 2.08 bits per heavy atom. The van der Waals surface area contributed by atoms with E-state index in [1.807, 2.05) is 0 Å². The number of nitrogens with zero attached hydrogens (tertiary/aromatic N) is 3. The summed E-state index contributed by atoms with van der Waals surface area (Å²) in [6.45, 7) is 2.68. The number of hydrogen-bond donors (Lipinski definition) is 2. The van der Waals surface area contributed by atoms with E-state index in [0.29, 0.717) is 6.08 Å². The van der Waals surface area contributed by atoms with E-state index in [1.165, 1.54) is 26.3 Å². The van der Waals surface area contributed by atoms with Gasteiger partial charge in [0.05, 0.1) is 6.61 Å². The van der Waals surface area contributed by atoms with Crippen LogP contribution in [0.5, 0.6) is 0 Å². The number of anilines is 1. The number of fused-ring (bicyclic) bond motifs is 1. The molecule has 2 unspecified atom stereocenters. The van der Waals surface area contributed by atoms with E-state index < -0.39 is 53.5 Å². The number of ether oxygens (including phenoxy) is 3. The molecule has 18 heteroatoms. The third-order valence-electron chi connectivity index (χ3n) is 4.91. The Labute approximate surface area is 227 Å². The van der Waals surface area contributed by atoms with Crippen molar-refractivity contribution in [1.82, 2.24) is 15.2 Å². The quantitative estimate of drug-likeness (QED) is 0.141. The number of oxime groups is 1. The van der Waals surface area contributed by atoms with Crippen molar-refractivity contribution in [3.63, 3.8) is 0 Å². The lowest BCUT2D eigenvalue weighted by molar-refractivity contribution is -0.168. The van der Waals surface area contributed by atoms with Gasteiger partial charge in [-0.3, -0.25) is 14.5 Å². The second-order valence-corrected chi connectivity index (χ2v) is 9.57. The molecule has 1 aromatic rings. The molecule has 13 nitrogen and oxygen atoms in total. The molecular formula is C21H22F3N5O8S2. The van der Waals surface area contributed by atoms with Gasteiger partial charge in [0.25, 0.3) is 11.8 Å². The molecule has 3 rings (SSSR count). The predicted octanol–water partition coefficient (Wildman–Crippen LogP) is 1.91. The van der Waals surface area contributed by atoms with Crippen LogP contribution in [0.25, 0.3) is 0 Å². The minimum absolute atomic E-state index is 0.0159. The van der Waals surface area contributed by atoms with Crippen LogP contribution >= 0.6 is 23.1 Å². The van der Waals surface area contributed by atoms with E-state index in [-0.39, 0.29) is 40.5 Å². The first-order valence-electron chi connectivity index (χ1n) is 11.0. The van der Waals surface area contributed by atoms with Crippen LogP contribution in [-0.4, -0.2) is 82.9 Å². The molecule has 1 aromatic heterocycles. The first kappa shape index (κ1) is 29.8. The van der Waals surface area contributed by atoms with E-state index in [1.54, 1.807) is 0 Å². The maximum Gasteiger partial charge on any atom is 0.511 e. The van der Waals surface area contributed by atoms with Crippen LogP contribution in [0.4, 0.5) is 23.1 Å². The second-order valence-electron chi connectivity index (χ2n) is 7.58. The highest BCUT2D eigenvalue weighted by Crippen LogP contribution is 2.41. The lowest BCUT2D eigenvalue weighted by Crippen LogP contribution is -2.71. The number of alkyl halides is 3. The number of nitrogen functional groups attached to an aromatic ring is 1. The molecule has 1 saturated heterocycles. The highest BCUT2D eigenvalue weighted by molar-refractivity contribution is 8.00. The van der Waals surface area contributed by atoms with Crippen molar-refractivity contribution in [2.45, 2.75) is 37.7 Å². The molecule has 0 saturated carbocycles. The average molecular weight is 594 g/mol. The van der Waals surface area contributed by atoms with Crippen LogP contribution in [0.2, 0.25) is 0 Å². The Balaban J connectivity index is 1.83. The Morgan fingerprint density at radius 3 is 2.67 bits per heavy atom. The van der Waals surface area contributed by atoms with Crippen molar-refractivity contribution >= 4 is 57.9 Å². The zero-order valence-electron chi connectivity index (χ0n) is 20.5. The van der Waals surface area contributed by atoms with Crippen LogP contribution in [0, 0.1) is 0 Å².